The van der Waals surface area contributed by atoms with E-state index in [4.69, 9.17) is 0 Å². The monoisotopic (exact) mass is 464 g/mol. The van der Waals surface area contributed by atoms with Gasteiger partial charge in [0.25, 0.3) is 10.0 Å². The molecule has 174 valence electrons. The number of nitrogens with one attached hydrogen (secondary N) is 1. The Bertz CT molecular complexity index is 1200. The fourth-order valence-corrected chi connectivity index (χ4v) is 5.23. The fraction of sp³-hybridized carbons (Fsp3) is 0.296. The minimum atomic E-state index is -3.91. The first-order valence-electron chi connectivity index (χ1n) is 11.1. The molecule has 3 aromatic rings. The molecule has 0 heterocycles. The zero-order chi connectivity index (χ0) is 24.0. The quantitative estimate of drug-likeness (QED) is 0.460. The zero-order valence-corrected chi connectivity index (χ0v) is 20.6. The summed E-state index contributed by atoms with van der Waals surface area (Å²) in [4.78, 5) is 12.9. The van der Waals surface area contributed by atoms with E-state index < -0.39 is 10.0 Å². The van der Waals surface area contributed by atoms with E-state index in [1.54, 1.807) is 36.4 Å². The first-order valence-corrected chi connectivity index (χ1v) is 12.6. The van der Waals surface area contributed by atoms with Crippen molar-refractivity contribution < 1.29 is 13.2 Å². The molecule has 3 rings (SSSR count). The number of anilines is 1. The van der Waals surface area contributed by atoms with Gasteiger partial charge < -0.3 is 5.32 Å². The van der Waals surface area contributed by atoms with E-state index in [1.165, 1.54) is 15.4 Å². The molecule has 0 aliphatic carbocycles. The molecule has 0 saturated carbocycles. The van der Waals surface area contributed by atoms with E-state index in [2.05, 4.69) is 30.4 Å². The minimum Gasteiger partial charge on any atom is -0.355 e. The lowest BCUT2D eigenvalue weighted by Crippen LogP contribution is -2.41. The first kappa shape index (κ1) is 24.5. The summed E-state index contributed by atoms with van der Waals surface area (Å²) in [5.74, 6) is -0.325. The van der Waals surface area contributed by atoms with E-state index in [0.29, 0.717) is 12.2 Å². The third-order valence-corrected chi connectivity index (χ3v) is 7.23. The Hall–Kier alpha value is -3.12. The van der Waals surface area contributed by atoms with Gasteiger partial charge in [-0.2, -0.15) is 0 Å². The third-order valence-electron chi connectivity index (χ3n) is 5.44. The van der Waals surface area contributed by atoms with Crippen molar-refractivity contribution in [3.05, 3.63) is 94.5 Å². The molecular weight excluding hydrogens is 432 g/mol. The van der Waals surface area contributed by atoms with Crippen LogP contribution in [0.1, 0.15) is 34.2 Å². The van der Waals surface area contributed by atoms with Crippen LogP contribution in [-0.2, 0) is 21.2 Å². The first-order chi connectivity index (χ1) is 15.6. The average molecular weight is 465 g/mol. The molecule has 0 bridgehead atoms. The fourth-order valence-electron chi connectivity index (χ4n) is 3.82. The maximum Gasteiger partial charge on any atom is 0.264 e. The summed E-state index contributed by atoms with van der Waals surface area (Å²) >= 11 is 0. The summed E-state index contributed by atoms with van der Waals surface area (Å²) in [7, 11) is -3.91. The lowest BCUT2D eigenvalue weighted by atomic mass is 10.1. The third kappa shape index (κ3) is 6.68. The molecule has 0 saturated heterocycles. The standard InChI is InChI=1S/C27H32N2O3S/c1-20-10-12-26(13-11-20)33(31,32)29(25-17-22(3)15-23(4)18-25)19-27(30)28-14-6-9-24-8-5-7-21(2)16-24/h5,7-8,10-13,15-18H,6,9,14,19H2,1-4H3,(H,28,30). The molecule has 0 atom stereocenters. The molecule has 0 unspecified atom stereocenters. The van der Waals surface area contributed by atoms with Gasteiger partial charge in [0, 0.05) is 6.54 Å². The smallest absolute Gasteiger partial charge is 0.264 e. The van der Waals surface area contributed by atoms with Crippen LogP contribution in [0.4, 0.5) is 5.69 Å². The summed E-state index contributed by atoms with van der Waals surface area (Å²) in [6.07, 6.45) is 1.63. The van der Waals surface area contributed by atoms with Gasteiger partial charge in [-0.15, -0.1) is 0 Å². The van der Waals surface area contributed by atoms with Crippen LogP contribution in [-0.4, -0.2) is 27.4 Å². The second-order valence-electron chi connectivity index (χ2n) is 8.61. The van der Waals surface area contributed by atoms with Crippen molar-refractivity contribution in [1.82, 2.24) is 5.32 Å². The average Bonchev–Trinajstić information content (AvgIpc) is 2.74. The van der Waals surface area contributed by atoms with Crippen molar-refractivity contribution in [3.63, 3.8) is 0 Å². The highest BCUT2D eigenvalue weighted by atomic mass is 32.2. The summed E-state index contributed by atoms with van der Waals surface area (Å²) in [6.45, 7) is 8.00. The Morgan fingerprint density at radius 3 is 2.12 bits per heavy atom. The molecule has 3 aromatic carbocycles. The molecule has 6 heteroatoms. The van der Waals surface area contributed by atoms with E-state index >= 15 is 0 Å². The van der Waals surface area contributed by atoms with Gasteiger partial charge in [-0.25, -0.2) is 8.42 Å². The molecule has 5 nitrogen and oxygen atoms in total. The number of sulfonamides is 1. The topological polar surface area (TPSA) is 66.5 Å². The summed E-state index contributed by atoms with van der Waals surface area (Å²) in [5.41, 5.74) is 5.77. The second kappa shape index (κ2) is 10.7. The molecule has 0 aliphatic rings. The maximum absolute atomic E-state index is 13.5. The Kier molecular flexibility index (Phi) is 7.92. The number of aryl methyl sites for hydroxylation is 5. The highest BCUT2D eigenvalue weighted by Gasteiger charge is 2.27. The van der Waals surface area contributed by atoms with Gasteiger partial charge >= 0.3 is 0 Å². The maximum atomic E-state index is 13.5. The molecule has 0 aliphatic heterocycles. The number of carbonyl (C=O) groups excluding carboxylic acids is 1. The number of carbonyl (C=O) groups is 1. The second-order valence-corrected chi connectivity index (χ2v) is 10.5. The molecule has 0 spiro atoms. The molecule has 0 radical (unpaired) electrons. The predicted molar refractivity (Wildman–Crippen MR) is 134 cm³/mol. The molecule has 33 heavy (non-hydrogen) atoms. The number of nitrogens with zero attached hydrogens (tertiary/aromatic N) is 1. The van der Waals surface area contributed by atoms with Gasteiger partial charge in [-0.1, -0.05) is 53.6 Å². The van der Waals surface area contributed by atoms with Crippen LogP contribution >= 0.6 is 0 Å². The molecule has 0 aromatic heterocycles. The number of amides is 1. The van der Waals surface area contributed by atoms with E-state index in [-0.39, 0.29) is 17.3 Å². The molecular formula is C27H32N2O3S. The molecule has 1 amide bonds. The predicted octanol–water partition coefficient (Wildman–Crippen LogP) is 4.86. The van der Waals surface area contributed by atoms with Gasteiger partial charge in [0.2, 0.25) is 5.91 Å². The Morgan fingerprint density at radius 1 is 0.818 bits per heavy atom. The number of rotatable bonds is 9. The van der Waals surface area contributed by atoms with Crippen LogP contribution in [0.2, 0.25) is 0 Å². The van der Waals surface area contributed by atoms with Crippen LogP contribution < -0.4 is 9.62 Å². The molecule has 1 N–H and O–H groups in total. The van der Waals surface area contributed by atoms with Crippen LogP contribution in [0.25, 0.3) is 0 Å². The lowest BCUT2D eigenvalue weighted by molar-refractivity contribution is -0.119. The number of hydrogen-bond donors (Lipinski definition) is 1. The van der Waals surface area contributed by atoms with Crippen LogP contribution in [0, 0.1) is 27.7 Å². The largest absolute Gasteiger partial charge is 0.355 e. The highest BCUT2D eigenvalue weighted by molar-refractivity contribution is 7.92. The SMILES string of the molecule is Cc1ccc(S(=O)(=O)N(CC(=O)NCCCc2cccc(C)c2)c2cc(C)cc(C)c2)cc1. The number of benzene rings is 3. The van der Waals surface area contributed by atoms with Gasteiger partial charge in [-0.05, 0) is 81.5 Å². The van der Waals surface area contributed by atoms with Gasteiger partial charge in [0.05, 0.1) is 10.6 Å². The summed E-state index contributed by atoms with van der Waals surface area (Å²) in [5, 5.41) is 2.88. The van der Waals surface area contributed by atoms with Gasteiger partial charge in [-0.3, -0.25) is 9.10 Å². The van der Waals surface area contributed by atoms with Crippen molar-refractivity contribution in [2.75, 3.05) is 17.4 Å². The van der Waals surface area contributed by atoms with Crippen molar-refractivity contribution in [3.8, 4) is 0 Å². The Labute approximate surface area is 197 Å². The van der Waals surface area contributed by atoms with Crippen molar-refractivity contribution in [2.45, 2.75) is 45.4 Å². The van der Waals surface area contributed by atoms with Gasteiger partial charge in [0.1, 0.15) is 6.54 Å². The summed E-state index contributed by atoms with van der Waals surface area (Å²) in [6, 6.07) is 20.6. The Balaban J connectivity index is 1.75. The van der Waals surface area contributed by atoms with E-state index in [9.17, 15) is 13.2 Å². The van der Waals surface area contributed by atoms with Crippen molar-refractivity contribution in [2.24, 2.45) is 0 Å². The minimum absolute atomic E-state index is 0.166. The van der Waals surface area contributed by atoms with E-state index in [1.807, 2.05) is 32.9 Å². The Morgan fingerprint density at radius 2 is 1.48 bits per heavy atom. The highest BCUT2D eigenvalue weighted by Crippen LogP contribution is 2.26. The van der Waals surface area contributed by atoms with Crippen molar-refractivity contribution >= 4 is 21.6 Å². The lowest BCUT2D eigenvalue weighted by Gasteiger charge is -2.25. The van der Waals surface area contributed by atoms with Crippen LogP contribution in [0.5, 0.6) is 0 Å². The normalized spacial score (nSPS) is 11.3. The van der Waals surface area contributed by atoms with Crippen molar-refractivity contribution in [1.29, 1.82) is 0 Å². The van der Waals surface area contributed by atoms with Crippen LogP contribution in [0.3, 0.4) is 0 Å². The van der Waals surface area contributed by atoms with Gasteiger partial charge in [0.15, 0.2) is 0 Å². The molecule has 0 fully saturated rings. The van der Waals surface area contributed by atoms with E-state index in [0.717, 1.165) is 29.5 Å². The van der Waals surface area contributed by atoms with Crippen LogP contribution in [0.15, 0.2) is 71.6 Å². The number of hydrogen-bond acceptors (Lipinski definition) is 3. The zero-order valence-electron chi connectivity index (χ0n) is 19.8. The summed E-state index contributed by atoms with van der Waals surface area (Å²) < 4.78 is 28.2.